The lowest BCUT2D eigenvalue weighted by Gasteiger charge is -2.25. The Labute approximate surface area is 105 Å². The molecule has 0 aromatic carbocycles. The zero-order chi connectivity index (χ0) is 12.8. The van der Waals surface area contributed by atoms with Crippen LogP contribution in [0.25, 0.3) is 0 Å². The number of hydrogen-bond donors (Lipinski definition) is 4. The molecule has 1 aliphatic carbocycles. The summed E-state index contributed by atoms with van der Waals surface area (Å²) in [7, 11) is 0. The van der Waals surface area contributed by atoms with Crippen LogP contribution in [0.3, 0.4) is 0 Å². The Morgan fingerprint density at radius 2 is 1.82 bits per heavy atom. The highest BCUT2D eigenvalue weighted by Crippen LogP contribution is 2.17. The summed E-state index contributed by atoms with van der Waals surface area (Å²) in [6, 6.07) is -0.0403. The van der Waals surface area contributed by atoms with Crippen LogP contribution in [0.2, 0.25) is 0 Å². The normalized spacial score (nSPS) is 23.8. The molecule has 0 bridgehead atoms. The fourth-order valence-electron chi connectivity index (χ4n) is 1.72. The third-order valence-corrected chi connectivity index (χ3v) is 2.81. The van der Waals surface area contributed by atoms with Gasteiger partial charge >= 0.3 is 11.8 Å². The van der Waals surface area contributed by atoms with E-state index in [1.54, 1.807) is 0 Å². The number of thiocarbonyl (C=S) groups is 1. The first-order chi connectivity index (χ1) is 7.99. The average molecular weight is 259 g/mol. The number of carbonyl (C=O) groups excluding carboxylic acids is 2. The number of nitrogens with one attached hydrogen (secondary N) is 2. The molecule has 1 rings (SSSR count). The van der Waals surface area contributed by atoms with Gasteiger partial charge in [0.1, 0.15) is 0 Å². The molecule has 0 atom stereocenters. The topological polar surface area (TPSA) is 104 Å². The molecule has 1 fully saturated rings. The first-order valence-corrected chi connectivity index (χ1v) is 5.95. The number of nitrogens with two attached hydrogens (primary N) is 1. The van der Waals surface area contributed by atoms with E-state index in [-0.39, 0.29) is 23.7 Å². The van der Waals surface area contributed by atoms with Gasteiger partial charge in [-0.1, -0.05) is 12.2 Å². The summed E-state index contributed by atoms with van der Waals surface area (Å²) in [6.07, 6.45) is 2.40. The third kappa shape index (κ3) is 5.10. The second-order valence-corrected chi connectivity index (χ2v) is 4.65. The molecule has 0 aromatic heterocycles. The molecule has 0 heterocycles. The highest BCUT2D eigenvalue weighted by molar-refractivity contribution is 7.80. The van der Waals surface area contributed by atoms with Crippen LogP contribution in [-0.2, 0) is 9.59 Å². The molecular formula is C10H17N3O3S. The Balaban J connectivity index is 2.28. The summed E-state index contributed by atoms with van der Waals surface area (Å²) >= 11 is 4.58. The molecule has 0 unspecified atom stereocenters. The van der Waals surface area contributed by atoms with Crippen molar-refractivity contribution >= 4 is 29.0 Å². The molecule has 5 N–H and O–H groups in total. The molecular weight excluding hydrogens is 242 g/mol. The van der Waals surface area contributed by atoms with Crippen molar-refractivity contribution in [1.29, 1.82) is 0 Å². The van der Waals surface area contributed by atoms with Gasteiger partial charge in [-0.15, -0.1) is 0 Å². The molecule has 6 nitrogen and oxygen atoms in total. The van der Waals surface area contributed by atoms with Gasteiger partial charge in [0.25, 0.3) is 0 Å². The van der Waals surface area contributed by atoms with E-state index < -0.39 is 11.8 Å². The zero-order valence-corrected chi connectivity index (χ0v) is 10.3. The van der Waals surface area contributed by atoms with Crippen molar-refractivity contribution in [1.82, 2.24) is 10.6 Å². The molecule has 1 aliphatic rings. The summed E-state index contributed by atoms with van der Waals surface area (Å²) in [4.78, 5) is 22.9. The van der Waals surface area contributed by atoms with Gasteiger partial charge in [0.05, 0.1) is 17.6 Å². The number of amides is 2. The number of hydrogen-bond acceptors (Lipinski definition) is 4. The Morgan fingerprint density at radius 3 is 2.35 bits per heavy atom. The minimum absolute atomic E-state index is 0.0188. The average Bonchev–Trinajstić information content (AvgIpc) is 2.28. The van der Waals surface area contributed by atoms with Gasteiger partial charge in [-0.2, -0.15) is 0 Å². The smallest absolute Gasteiger partial charge is 0.309 e. The molecule has 0 saturated heterocycles. The Bertz CT molecular complexity index is 314. The molecule has 7 heteroatoms. The van der Waals surface area contributed by atoms with E-state index >= 15 is 0 Å². The Kier molecular flexibility index (Phi) is 5.30. The number of rotatable bonds is 3. The van der Waals surface area contributed by atoms with E-state index in [1.165, 1.54) is 0 Å². The third-order valence-electron chi connectivity index (χ3n) is 2.66. The quantitative estimate of drug-likeness (QED) is 0.377. The minimum Gasteiger partial charge on any atom is -0.393 e. The number of aliphatic hydroxyl groups excluding tert-OH is 1. The lowest BCUT2D eigenvalue weighted by atomic mass is 9.93. The highest BCUT2D eigenvalue weighted by atomic mass is 32.1. The first kappa shape index (κ1) is 13.9. The van der Waals surface area contributed by atoms with Gasteiger partial charge in [-0.3, -0.25) is 9.59 Å². The van der Waals surface area contributed by atoms with Crippen molar-refractivity contribution in [2.24, 2.45) is 5.73 Å². The van der Waals surface area contributed by atoms with Gasteiger partial charge in [0, 0.05) is 6.04 Å². The summed E-state index contributed by atoms with van der Waals surface area (Å²) < 4.78 is 0. The lowest BCUT2D eigenvalue weighted by molar-refractivity contribution is -0.139. The summed E-state index contributed by atoms with van der Waals surface area (Å²) in [6.45, 7) is 0.0188. The zero-order valence-electron chi connectivity index (χ0n) is 9.44. The van der Waals surface area contributed by atoms with Crippen LogP contribution in [0, 0.1) is 0 Å². The fraction of sp³-hybridized carbons (Fsp3) is 0.700. The van der Waals surface area contributed by atoms with Gasteiger partial charge in [-0.05, 0) is 25.7 Å². The highest BCUT2D eigenvalue weighted by Gasteiger charge is 2.23. The summed E-state index contributed by atoms with van der Waals surface area (Å²) in [5.74, 6) is -1.41. The van der Waals surface area contributed by atoms with Gasteiger partial charge in [-0.25, -0.2) is 0 Å². The van der Waals surface area contributed by atoms with E-state index in [0.717, 1.165) is 0 Å². The van der Waals surface area contributed by atoms with Gasteiger partial charge < -0.3 is 21.5 Å². The van der Waals surface area contributed by atoms with E-state index in [9.17, 15) is 14.7 Å². The van der Waals surface area contributed by atoms with Crippen LogP contribution in [0.15, 0.2) is 0 Å². The second kappa shape index (κ2) is 6.51. The van der Waals surface area contributed by atoms with Crippen LogP contribution >= 0.6 is 12.2 Å². The van der Waals surface area contributed by atoms with E-state index in [0.29, 0.717) is 25.7 Å². The molecule has 0 radical (unpaired) electrons. The number of carbonyl (C=O) groups is 2. The molecule has 2 amide bonds. The predicted molar refractivity (Wildman–Crippen MR) is 66.2 cm³/mol. The molecule has 0 aromatic rings. The standard InChI is InChI=1S/C10H17N3O3S/c11-8(17)5-12-9(15)10(16)13-6-1-3-7(14)4-2-6/h6-7,14H,1-5H2,(H2,11,17)(H,12,15)(H,13,16). The monoisotopic (exact) mass is 259 g/mol. The largest absolute Gasteiger partial charge is 0.393 e. The summed E-state index contributed by atoms with van der Waals surface area (Å²) in [5, 5.41) is 14.2. The van der Waals surface area contributed by atoms with Crippen molar-refractivity contribution < 1.29 is 14.7 Å². The Hall–Kier alpha value is -1.21. The van der Waals surface area contributed by atoms with Crippen LogP contribution in [-0.4, -0.2) is 40.6 Å². The second-order valence-electron chi connectivity index (χ2n) is 4.13. The van der Waals surface area contributed by atoms with Crippen molar-refractivity contribution in [3.63, 3.8) is 0 Å². The lowest BCUT2D eigenvalue weighted by Crippen LogP contribution is -2.47. The van der Waals surface area contributed by atoms with E-state index in [4.69, 9.17) is 5.73 Å². The van der Waals surface area contributed by atoms with Crippen LogP contribution < -0.4 is 16.4 Å². The van der Waals surface area contributed by atoms with Crippen molar-refractivity contribution in [2.75, 3.05) is 6.54 Å². The maximum Gasteiger partial charge on any atom is 0.309 e. The molecule has 17 heavy (non-hydrogen) atoms. The molecule has 0 aliphatic heterocycles. The molecule has 0 spiro atoms. The van der Waals surface area contributed by atoms with Crippen LogP contribution in [0.5, 0.6) is 0 Å². The van der Waals surface area contributed by atoms with Gasteiger partial charge in [0.15, 0.2) is 0 Å². The first-order valence-electron chi connectivity index (χ1n) is 5.54. The van der Waals surface area contributed by atoms with Crippen molar-refractivity contribution in [2.45, 2.75) is 37.8 Å². The molecule has 1 saturated carbocycles. The van der Waals surface area contributed by atoms with Crippen molar-refractivity contribution in [3.8, 4) is 0 Å². The van der Waals surface area contributed by atoms with Crippen LogP contribution in [0.4, 0.5) is 0 Å². The fourth-order valence-corrected chi connectivity index (χ4v) is 1.79. The number of aliphatic hydroxyl groups is 1. The van der Waals surface area contributed by atoms with E-state index in [1.807, 2.05) is 0 Å². The molecule has 96 valence electrons. The minimum atomic E-state index is -0.732. The SMILES string of the molecule is NC(=S)CNC(=O)C(=O)NC1CCC(O)CC1. The van der Waals surface area contributed by atoms with Crippen LogP contribution in [0.1, 0.15) is 25.7 Å². The summed E-state index contributed by atoms with van der Waals surface area (Å²) in [5.41, 5.74) is 5.20. The van der Waals surface area contributed by atoms with Gasteiger partial charge in [0.2, 0.25) is 0 Å². The van der Waals surface area contributed by atoms with E-state index in [2.05, 4.69) is 22.9 Å². The predicted octanol–water partition coefficient (Wildman–Crippen LogP) is -1.19. The Morgan fingerprint density at radius 1 is 1.24 bits per heavy atom. The van der Waals surface area contributed by atoms with Crippen molar-refractivity contribution in [3.05, 3.63) is 0 Å². The maximum atomic E-state index is 11.4. The maximum absolute atomic E-state index is 11.4.